The number of aryl methyl sites for hydroxylation is 1. The third kappa shape index (κ3) is 2.14. The Kier molecular flexibility index (Phi) is 2.84. The number of rotatable bonds is 3. The number of hydrogen-bond donors (Lipinski definition) is 1. The third-order valence-electron chi connectivity index (χ3n) is 3.56. The van der Waals surface area contributed by atoms with Crippen LogP contribution in [0.25, 0.3) is 11.1 Å². The van der Waals surface area contributed by atoms with Crippen molar-refractivity contribution in [2.45, 2.75) is 25.8 Å². The van der Waals surface area contributed by atoms with E-state index in [0.717, 1.165) is 11.4 Å². The van der Waals surface area contributed by atoms with Crippen LogP contribution < -0.4 is 5.73 Å². The Morgan fingerprint density at radius 3 is 2.44 bits per heavy atom. The summed E-state index contributed by atoms with van der Waals surface area (Å²) in [6.45, 7) is 2.10. The van der Waals surface area contributed by atoms with E-state index in [2.05, 4.69) is 29.0 Å². The predicted octanol–water partition coefficient (Wildman–Crippen LogP) is 2.86. The monoisotopic (exact) mass is 239 g/mol. The van der Waals surface area contributed by atoms with E-state index in [-0.39, 0.29) is 6.04 Å². The molecular formula is C15H17N3. The van der Waals surface area contributed by atoms with Gasteiger partial charge in [-0.1, -0.05) is 24.3 Å². The van der Waals surface area contributed by atoms with Crippen LogP contribution >= 0.6 is 0 Å². The Morgan fingerprint density at radius 2 is 1.83 bits per heavy atom. The molecule has 1 aromatic heterocycles. The van der Waals surface area contributed by atoms with E-state index >= 15 is 0 Å². The van der Waals surface area contributed by atoms with Crippen molar-refractivity contribution in [3.05, 3.63) is 48.0 Å². The maximum atomic E-state index is 6.09. The van der Waals surface area contributed by atoms with Crippen LogP contribution in [-0.4, -0.2) is 9.97 Å². The average Bonchev–Trinajstić information content (AvgIpc) is 3.23. The van der Waals surface area contributed by atoms with Gasteiger partial charge in [0, 0.05) is 18.0 Å². The van der Waals surface area contributed by atoms with Crippen molar-refractivity contribution in [2.75, 3.05) is 0 Å². The molecule has 1 aliphatic rings. The average molecular weight is 239 g/mol. The summed E-state index contributed by atoms with van der Waals surface area (Å²) in [7, 11) is 0. The first-order chi connectivity index (χ1) is 8.75. The highest BCUT2D eigenvalue weighted by Gasteiger charge is 2.31. The first-order valence-electron chi connectivity index (χ1n) is 6.39. The van der Waals surface area contributed by atoms with Gasteiger partial charge in [0.25, 0.3) is 0 Å². The quantitative estimate of drug-likeness (QED) is 0.896. The molecule has 92 valence electrons. The summed E-state index contributed by atoms with van der Waals surface area (Å²) < 4.78 is 0. The van der Waals surface area contributed by atoms with E-state index in [1.807, 2.05) is 24.5 Å². The molecule has 3 rings (SSSR count). The molecule has 1 fully saturated rings. The van der Waals surface area contributed by atoms with E-state index in [4.69, 9.17) is 5.73 Å². The van der Waals surface area contributed by atoms with Crippen molar-refractivity contribution < 1.29 is 0 Å². The van der Waals surface area contributed by atoms with Crippen molar-refractivity contribution in [1.82, 2.24) is 9.97 Å². The molecule has 1 heterocycles. The topological polar surface area (TPSA) is 51.8 Å². The largest absolute Gasteiger partial charge is 0.321 e. The second-order valence-electron chi connectivity index (χ2n) is 5.01. The summed E-state index contributed by atoms with van der Waals surface area (Å²) in [4.78, 5) is 8.84. The fraction of sp³-hybridized carbons (Fsp3) is 0.333. The van der Waals surface area contributed by atoms with E-state index < -0.39 is 0 Å². The zero-order chi connectivity index (χ0) is 12.5. The molecule has 1 saturated carbocycles. The number of benzene rings is 1. The van der Waals surface area contributed by atoms with Crippen molar-refractivity contribution in [3.8, 4) is 11.1 Å². The van der Waals surface area contributed by atoms with Gasteiger partial charge in [-0.05, 0) is 36.8 Å². The molecule has 0 aliphatic heterocycles. The molecule has 18 heavy (non-hydrogen) atoms. The number of nitrogens with zero attached hydrogens (tertiary/aromatic N) is 2. The highest BCUT2D eigenvalue weighted by atomic mass is 14.9. The Bertz CT molecular complexity index is 544. The number of hydrogen-bond acceptors (Lipinski definition) is 3. The smallest absolute Gasteiger partial charge is 0.145 e. The van der Waals surface area contributed by atoms with E-state index in [1.165, 1.54) is 24.0 Å². The fourth-order valence-corrected chi connectivity index (χ4v) is 2.21. The highest BCUT2D eigenvalue weighted by Crippen LogP contribution is 2.38. The van der Waals surface area contributed by atoms with Gasteiger partial charge in [0.15, 0.2) is 0 Å². The van der Waals surface area contributed by atoms with Crippen LogP contribution in [0.4, 0.5) is 0 Å². The van der Waals surface area contributed by atoms with Gasteiger partial charge < -0.3 is 5.73 Å². The molecule has 1 aliphatic carbocycles. The second-order valence-corrected chi connectivity index (χ2v) is 5.01. The SMILES string of the molecule is Cc1ccccc1-c1cnc(C(N)C2CC2)nc1. The molecule has 3 nitrogen and oxygen atoms in total. The second kappa shape index (κ2) is 4.50. The molecule has 0 saturated heterocycles. The van der Waals surface area contributed by atoms with Crippen LogP contribution in [0.1, 0.15) is 30.3 Å². The predicted molar refractivity (Wildman–Crippen MR) is 71.9 cm³/mol. The Balaban J connectivity index is 1.89. The lowest BCUT2D eigenvalue weighted by atomic mass is 10.0. The minimum absolute atomic E-state index is 0.0101. The molecule has 3 heteroatoms. The summed E-state index contributed by atoms with van der Waals surface area (Å²) in [6, 6.07) is 8.27. The number of aromatic nitrogens is 2. The van der Waals surface area contributed by atoms with Crippen molar-refractivity contribution in [1.29, 1.82) is 0 Å². The lowest BCUT2D eigenvalue weighted by molar-refractivity contribution is 0.593. The zero-order valence-electron chi connectivity index (χ0n) is 10.5. The van der Waals surface area contributed by atoms with Gasteiger partial charge in [-0.2, -0.15) is 0 Å². The van der Waals surface area contributed by atoms with E-state index in [9.17, 15) is 0 Å². The summed E-state index contributed by atoms with van der Waals surface area (Å²) >= 11 is 0. The van der Waals surface area contributed by atoms with Crippen molar-refractivity contribution in [3.63, 3.8) is 0 Å². The summed E-state index contributed by atoms with van der Waals surface area (Å²) in [5.41, 5.74) is 9.57. The minimum atomic E-state index is 0.0101. The van der Waals surface area contributed by atoms with Gasteiger partial charge >= 0.3 is 0 Å². The van der Waals surface area contributed by atoms with Crippen LogP contribution in [-0.2, 0) is 0 Å². The molecule has 2 N–H and O–H groups in total. The van der Waals surface area contributed by atoms with Gasteiger partial charge in [0.2, 0.25) is 0 Å². The third-order valence-corrected chi connectivity index (χ3v) is 3.56. The molecule has 1 atom stereocenters. The van der Waals surface area contributed by atoms with E-state index in [1.54, 1.807) is 0 Å². The van der Waals surface area contributed by atoms with Crippen LogP contribution in [0.15, 0.2) is 36.7 Å². The lowest BCUT2D eigenvalue weighted by Gasteiger charge is -2.10. The van der Waals surface area contributed by atoms with Crippen LogP contribution in [0.5, 0.6) is 0 Å². The Labute approximate surface area is 107 Å². The maximum absolute atomic E-state index is 6.09. The molecular weight excluding hydrogens is 222 g/mol. The minimum Gasteiger partial charge on any atom is -0.321 e. The normalized spacial score (nSPS) is 16.6. The Morgan fingerprint density at radius 1 is 1.17 bits per heavy atom. The number of nitrogens with two attached hydrogens (primary N) is 1. The first-order valence-corrected chi connectivity index (χ1v) is 6.39. The summed E-state index contributed by atoms with van der Waals surface area (Å²) in [6.07, 6.45) is 6.19. The van der Waals surface area contributed by atoms with Gasteiger partial charge in [0.05, 0.1) is 6.04 Å². The molecule has 0 amide bonds. The van der Waals surface area contributed by atoms with Gasteiger partial charge in [-0.25, -0.2) is 9.97 Å². The zero-order valence-corrected chi connectivity index (χ0v) is 10.5. The molecule has 1 aromatic carbocycles. The van der Waals surface area contributed by atoms with Gasteiger partial charge in [-0.15, -0.1) is 0 Å². The molecule has 0 spiro atoms. The van der Waals surface area contributed by atoms with Crippen LogP contribution in [0.2, 0.25) is 0 Å². The van der Waals surface area contributed by atoms with Gasteiger partial charge in [0.1, 0.15) is 5.82 Å². The molecule has 0 bridgehead atoms. The Hall–Kier alpha value is -1.74. The van der Waals surface area contributed by atoms with Gasteiger partial charge in [-0.3, -0.25) is 0 Å². The fourth-order valence-electron chi connectivity index (χ4n) is 2.21. The van der Waals surface area contributed by atoms with Crippen molar-refractivity contribution in [2.24, 2.45) is 11.7 Å². The van der Waals surface area contributed by atoms with Crippen LogP contribution in [0, 0.1) is 12.8 Å². The first kappa shape index (κ1) is 11.4. The standard InChI is InChI=1S/C15H17N3/c1-10-4-2-3-5-13(10)12-8-17-15(18-9-12)14(16)11-6-7-11/h2-5,8-9,11,14H,6-7,16H2,1H3. The summed E-state index contributed by atoms with van der Waals surface area (Å²) in [5, 5.41) is 0. The molecule has 0 radical (unpaired) electrons. The van der Waals surface area contributed by atoms with Crippen molar-refractivity contribution >= 4 is 0 Å². The molecule has 2 aromatic rings. The van der Waals surface area contributed by atoms with E-state index in [0.29, 0.717) is 5.92 Å². The lowest BCUT2D eigenvalue weighted by Crippen LogP contribution is -2.15. The highest BCUT2D eigenvalue weighted by molar-refractivity contribution is 5.65. The molecule has 1 unspecified atom stereocenters. The summed E-state index contributed by atoms with van der Waals surface area (Å²) in [5.74, 6) is 1.36. The maximum Gasteiger partial charge on any atom is 0.145 e. The van der Waals surface area contributed by atoms with Crippen LogP contribution in [0.3, 0.4) is 0 Å².